The fraction of sp³-hybridized carbons (Fsp3) is 0.214. The number of anilines is 1. The Morgan fingerprint density at radius 2 is 1.90 bits per heavy atom. The van der Waals surface area contributed by atoms with Gasteiger partial charge in [0.1, 0.15) is 22.1 Å². The highest BCUT2D eigenvalue weighted by atomic mass is 32.2. The Balaban J connectivity index is 1.47. The number of esters is 1. The maximum Gasteiger partial charge on any atom is 0.341 e. The lowest BCUT2D eigenvalue weighted by atomic mass is 10.0. The highest BCUT2D eigenvalue weighted by Crippen LogP contribution is 2.36. The Hall–Kier alpha value is -3.96. The summed E-state index contributed by atoms with van der Waals surface area (Å²) in [5.74, 6) is 0.0172. The molecule has 0 aliphatic rings. The van der Waals surface area contributed by atoms with Crippen molar-refractivity contribution in [3.8, 4) is 16.9 Å². The molecule has 0 radical (unpaired) electrons. The number of hydrogen-bond acceptors (Lipinski definition) is 8. The molecule has 0 spiro atoms. The van der Waals surface area contributed by atoms with Crippen LogP contribution in [0.2, 0.25) is 0 Å². The van der Waals surface area contributed by atoms with E-state index >= 15 is 0 Å². The van der Waals surface area contributed by atoms with Gasteiger partial charge < -0.3 is 14.8 Å². The number of hydrogen-bond donors (Lipinski definition) is 1. The predicted octanol–water partition coefficient (Wildman–Crippen LogP) is 6.30. The fourth-order valence-corrected chi connectivity index (χ4v) is 5.50. The summed E-state index contributed by atoms with van der Waals surface area (Å²) in [6.45, 7) is 8.15. The number of aryl methyl sites for hydroxylation is 1. The lowest BCUT2D eigenvalue weighted by Crippen LogP contribution is -2.17. The minimum Gasteiger partial charge on any atom is -0.483 e. The fourth-order valence-electron chi connectivity index (χ4n) is 3.77. The maximum absolute atomic E-state index is 13.4. The van der Waals surface area contributed by atoms with Crippen LogP contribution >= 0.6 is 23.1 Å². The van der Waals surface area contributed by atoms with Crippen molar-refractivity contribution in [2.75, 3.05) is 18.2 Å². The van der Waals surface area contributed by atoms with Gasteiger partial charge in [-0.3, -0.25) is 9.36 Å². The summed E-state index contributed by atoms with van der Waals surface area (Å²) in [6.07, 6.45) is 1.34. The molecule has 2 heterocycles. The molecule has 0 saturated heterocycles. The van der Waals surface area contributed by atoms with Gasteiger partial charge >= 0.3 is 5.97 Å². The highest BCUT2D eigenvalue weighted by molar-refractivity contribution is 7.99. The van der Waals surface area contributed by atoms with Crippen LogP contribution in [-0.2, 0) is 16.1 Å². The summed E-state index contributed by atoms with van der Waals surface area (Å²) in [5.41, 5.74) is 2.53. The van der Waals surface area contributed by atoms with E-state index in [1.54, 1.807) is 23.6 Å². The first-order valence-electron chi connectivity index (χ1n) is 12.0. The summed E-state index contributed by atoms with van der Waals surface area (Å²) in [4.78, 5) is 25.4. The third-order valence-electron chi connectivity index (χ3n) is 5.68. The minimum atomic E-state index is -0.600. The van der Waals surface area contributed by atoms with Gasteiger partial charge in [-0.25, -0.2) is 9.18 Å². The summed E-state index contributed by atoms with van der Waals surface area (Å²) >= 11 is 2.40. The molecule has 0 fully saturated rings. The molecule has 0 aliphatic heterocycles. The molecule has 0 saturated carbocycles. The van der Waals surface area contributed by atoms with Gasteiger partial charge in [-0.2, -0.15) is 0 Å². The Kier molecular flexibility index (Phi) is 9.15. The van der Waals surface area contributed by atoms with E-state index in [1.165, 1.54) is 42.3 Å². The summed E-state index contributed by atoms with van der Waals surface area (Å²) in [7, 11) is 1.27. The number of carbonyl (C=O) groups is 2. The van der Waals surface area contributed by atoms with Crippen LogP contribution in [0.15, 0.2) is 71.7 Å². The van der Waals surface area contributed by atoms with Crippen LogP contribution in [0.5, 0.6) is 5.75 Å². The summed E-state index contributed by atoms with van der Waals surface area (Å²) in [6, 6.07) is 13.5. The molecule has 202 valence electrons. The smallest absolute Gasteiger partial charge is 0.341 e. The van der Waals surface area contributed by atoms with E-state index in [0.29, 0.717) is 39.4 Å². The number of aromatic nitrogens is 3. The zero-order valence-corrected chi connectivity index (χ0v) is 23.3. The third kappa shape index (κ3) is 6.73. The molecular formula is C28H27FN4O4S2. The number of rotatable bonds is 11. The molecular weight excluding hydrogens is 539 g/mol. The Morgan fingerprint density at radius 1 is 1.18 bits per heavy atom. The van der Waals surface area contributed by atoms with Gasteiger partial charge in [-0.15, -0.1) is 28.1 Å². The minimum absolute atomic E-state index is 0.0207. The van der Waals surface area contributed by atoms with Gasteiger partial charge in [0, 0.05) is 17.5 Å². The van der Waals surface area contributed by atoms with Crippen molar-refractivity contribution in [3.63, 3.8) is 0 Å². The predicted molar refractivity (Wildman–Crippen MR) is 151 cm³/mol. The van der Waals surface area contributed by atoms with Crippen molar-refractivity contribution < 1.29 is 23.5 Å². The van der Waals surface area contributed by atoms with Crippen molar-refractivity contribution in [2.45, 2.75) is 31.7 Å². The topological polar surface area (TPSA) is 95.3 Å². The van der Waals surface area contributed by atoms with Crippen molar-refractivity contribution >= 4 is 40.0 Å². The molecule has 1 unspecified atom stereocenters. The van der Waals surface area contributed by atoms with Gasteiger partial charge in [0.2, 0.25) is 5.91 Å². The van der Waals surface area contributed by atoms with E-state index in [2.05, 4.69) is 22.1 Å². The SMILES string of the molecule is C=CCn1c(SCC(=O)Nc2scc(-c3ccc(F)cc3)c2C(=O)OC)nnc1C(C)Oc1ccc(C)cc1. The second kappa shape index (κ2) is 12.7. The van der Waals surface area contributed by atoms with E-state index in [1.807, 2.05) is 42.7 Å². The third-order valence-corrected chi connectivity index (χ3v) is 7.54. The number of benzene rings is 2. The van der Waals surface area contributed by atoms with Crippen LogP contribution in [0.4, 0.5) is 9.39 Å². The lowest BCUT2D eigenvalue weighted by molar-refractivity contribution is -0.113. The number of nitrogens with one attached hydrogen (secondary N) is 1. The molecule has 39 heavy (non-hydrogen) atoms. The van der Waals surface area contributed by atoms with E-state index in [9.17, 15) is 14.0 Å². The van der Waals surface area contributed by atoms with E-state index in [-0.39, 0.29) is 29.1 Å². The number of nitrogens with zero attached hydrogens (tertiary/aromatic N) is 3. The number of amides is 1. The molecule has 2 aromatic carbocycles. The normalized spacial score (nSPS) is 11.6. The molecule has 11 heteroatoms. The van der Waals surface area contributed by atoms with Crippen LogP contribution in [0.1, 0.15) is 34.8 Å². The first-order valence-corrected chi connectivity index (χ1v) is 13.8. The van der Waals surface area contributed by atoms with E-state index in [4.69, 9.17) is 9.47 Å². The van der Waals surface area contributed by atoms with Crippen molar-refractivity contribution in [1.82, 2.24) is 14.8 Å². The Labute approximate surface area is 233 Å². The number of halogens is 1. The standard InChI is InChI=1S/C28H27FN4O4S2/c1-5-14-33-25(18(3)37-21-12-6-17(2)7-13-21)31-32-28(33)39-16-23(34)30-26-24(27(35)36-4)22(15-38-26)19-8-10-20(29)11-9-19/h5-13,15,18H,1,14,16H2,2-4H3,(H,30,34). The van der Waals surface area contributed by atoms with Gasteiger partial charge in [0.15, 0.2) is 17.1 Å². The van der Waals surface area contributed by atoms with Crippen molar-refractivity contribution in [2.24, 2.45) is 0 Å². The average Bonchev–Trinajstić information content (AvgIpc) is 3.53. The van der Waals surface area contributed by atoms with Crippen molar-refractivity contribution in [3.05, 3.63) is 89.3 Å². The maximum atomic E-state index is 13.4. The van der Waals surface area contributed by atoms with E-state index in [0.717, 1.165) is 5.56 Å². The van der Waals surface area contributed by atoms with Crippen LogP contribution in [0.25, 0.3) is 11.1 Å². The highest BCUT2D eigenvalue weighted by Gasteiger charge is 2.24. The van der Waals surface area contributed by atoms with Gasteiger partial charge in [0.05, 0.1) is 12.9 Å². The Bertz CT molecular complexity index is 1470. The van der Waals surface area contributed by atoms with Gasteiger partial charge in [-0.1, -0.05) is 47.7 Å². The number of thioether (sulfide) groups is 1. The molecule has 8 nitrogen and oxygen atoms in total. The number of thiophene rings is 1. The van der Waals surface area contributed by atoms with E-state index < -0.39 is 5.97 Å². The number of carbonyl (C=O) groups excluding carboxylic acids is 2. The molecule has 1 atom stereocenters. The monoisotopic (exact) mass is 566 g/mol. The number of ether oxygens (including phenoxy) is 2. The van der Waals surface area contributed by atoms with Crippen LogP contribution < -0.4 is 10.1 Å². The van der Waals surface area contributed by atoms with Crippen LogP contribution in [-0.4, -0.2) is 39.5 Å². The molecule has 1 N–H and O–H groups in total. The van der Waals surface area contributed by atoms with Crippen LogP contribution in [0.3, 0.4) is 0 Å². The first kappa shape index (κ1) is 28.1. The summed E-state index contributed by atoms with van der Waals surface area (Å²) in [5, 5.41) is 14.0. The molecule has 1 amide bonds. The van der Waals surface area contributed by atoms with Crippen molar-refractivity contribution in [1.29, 1.82) is 0 Å². The molecule has 2 aromatic heterocycles. The summed E-state index contributed by atoms with van der Waals surface area (Å²) < 4.78 is 26.2. The lowest BCUT2D eigenvalue weighted by Gasteiger charge is -2.16. The average molecular weight is 567 g/mol. The first-order chi connectivity index (χ1) is 18.8. The number of allylic oxidation sites excluding steroid dienone is 1. The zero-order chi connectivity index (χ0) is 27.9. The molecule has 4 aromatic rings. The Morgan fingerprint density at radius 3 is 2.56 bits per heavy atom. The second-order valence-electron chi connectivity index (χ2n) is 8.50. The largest absolute Gasteiger partial charge is 0.483 e. The zero-order valence-electron chi connectivity index (χ0n) is 21.6. The quantitative estimate of drug-likeness (QED) is 0.129. The molecule has 4 rings (SSSR count). The van der Waals surface area contributed by atoms with Crippen LogP contribution in [0, 0.1) is 12.7 Å². The second-order valence-corrected chi connectivity index (χ2v) is 10.3. The molecule has 0 bridgehead atoms. The molecule has 0 aliphatic carbocycles. The van der Waals surface area contributed by atoms with Gasteiger partial charge in [0.25, 0.3) is 0 Å². The number of methoxy groups -OCH3 is 1. The van der Waals surface area contributed by atoms with Gasteiger partial charge in [-0.05, 0) is 43.7 Å².